The third kappa shape index (κ3) is 3.26. The van der Waals surface area contributed by atoms with Crippen molar-refractivity contribution >= 4 is 21.5 Å². The number of aromatic nitrogens is 2. The van der Waals surface area contributed by atoms with E-state index in [0.717, 1.165) is 32.9 Å². The van der Waals surface area contributed by atoms with Gasteiger partial charge in [-0.15, -0.1) is 0 Å². The summed E-state index contributed by atoms with van der Waals surface area (Å²) >= 11 is 0. The molecule has 126 valence electrons. The summed E-state index contributed by atoms with van der Waals surface area (Å²) in [6.45, 7) is 0. The van der Waals surface area contributed by atoms with Crippen molar-refractivity contribution in [1.29, 1.82) is 0 Å². The van der Waals surface area contributed by atoms with Crippen molar-refractivity contribution < 1.29 is 8.83 Å². The second-order valence-electron chi connectivity index (χ2n) is 5.58. The minimum absolute atomic E-state index is 0.763. The van der Waals surface area contributed by atoms with Gasteiger partial charge in [-0.05, 0) is 22.9 Å². The molecular weight excluding hydrogens is 324 g/mol. The van der Waals surface area contributed by atoms with Gasteiger partial charge in [-0.25, -0.2) is 0 Å². The maximum absolute atomic E-state index is 5.33. The molecule has 0 radical (unpaired) electrons. The molecule has 2 aromatic carbocycles. The van der Waals surface area contributed by atoms with Crippen LogP contribution in [0.3, 0.4) is 0 Å². The number of fused-ring (bicyclic) bond motifs is 2. The SMILES string of the molecule is c1ccc2c(-c3nccoccc4ccccc34)nccoccc2c1. The van der Waals surface area contributed by atoms with E-state index in [1.807, 2.05) is 60.7 Å². The molecule has 4 heteroatoms. The third-order valence-corrected chi connectivity index (χ3v) is 3.99. The molecule has 0 aliphatic heterocycles. The summed E-state index contributed by atoms with van der Waals surface area (Å²) in [6.07, 6.45) is 9.64. The van der Waals surface area contributed by atoms with Crippen LogP contribution in [-0.2, 0) is 0 Å². The molecule has 4 nitrogen and oxygen atoms in total. The molecule has 0 spiro atoms. The largest absolute Gasteiger partial charge is 0.471 e. The Morgan fingerprint density at radius 1 is 0.500 bits per heavy atom. The maximum Gasteiger partial charge on any atom is 0.108 e. The van der Waals surface area contributed by atoms with Crippen LogP contribution in [-0.4, -0.2) is 9.97 Å². The molecule has 0 aliphatic rings. The molecule has 2 aromatic heterocycles. The van der Waals surface area contributed by atoms with E-state index in [0.29, 0.717) is 0 Å². The predicted molar refractivity (Wildman–Crippen MR) is 102 cm³/mol. The second kappa shape index (κ2) is 7.49. The van der Waals surface area contributed by atoms with Crippen molar-refractivity contribution in [3.05, 3.63) is 98.1 Å². The highest BCUT2D eigenvalue weighted by atomic mass is 16.3. The highest BCUT2D eigenvalue weighted by Crippen LogP contribution is 2.28. The Labute approximate surface area is 150 Å². The van der Waals surface area contributed by atoms with Crippen LogP contribution in [0.2, 0.25) is 0 Å². The molecule has 0 saturated carbocycles. The van der Waals surface area contributed by atoms with Gasteiger partial charge in [-0.3, -0.25) is 9.97 Å². The molecular formula is C22H16N2O2. The molecule has 4 aromatic rings. The first-order valence-electron chi connectivity index (χ1n) is 8.22. The second-order valence-corrected chi connectivity index (χ2v) is 5.58. The standard InChI is InChI=1S/C22H16N2O2/c1-3-7-19-17(5-1)9-13-25-15-11-23-21(19)22-20-8-4-2-6-18(20)10-14-26-16-12-24-22/h1-16H. The predicted octanol–water partition coefficient (Wildman–Crippen LogP) is 5.88. The van der Waals surface area contributed by atoms with Crippen LogP contribution in [0.1, 0.15) is 0 Å². The van der Waals surface area contributed by atoms with E-state index in [1.165, 1.54) is 0 Å². The fraction of sp³-hybridized carbons (Fsp3) is 0. The van der Waals surface area contributed by atoms with Gasteiger partial charge in [0.1, 0.15) is 12.5 Å². The average molecular weight is 340 g/mol. The summed E-state index contributed by atoms with van der Waals surface area (Å²) in [5, 5.41) is 3.96. The summed E-state index contributed by atoms with van der Waals surface area (Å²) in [6, 6.07) is 19.9. The van der Waals surface area contributed by atoms with Gasteiger partial charge in [0.05, 0.1) is 36.3 Å². The van der Waals surface area contributed by atoms with Gasteiger partial charge >= 0.3 is 0 Å². The van der Waals surface area contributed by atoms with Gasteiger partial charge in [0, 0.05) is 10.8 Å². The molecule has 0 saturated heterocycles. The van der Waals surface area contributed by atoms with Crippen LogP contribution in [0, 0.1) is 0 Å². The molecule has 26 heavy (non-hydrogen) atoms. The first-order chi connectivity index (χ1) is 12.9. The molecule has 4 rings (SSSR count). The Kier molecular flexibility index (Phi) is 4.56. The van der Waals surface area contributed by atoms with Crippen molar-refractivity contribution in [2.75, 3.05) is 0 Å². The number of nitrogens with zero attached hydrogens (tertiary/aromatic N) is 2. The lowest BCUT2D eigenvalue weighted by molar-refractivity contribution is 0.552. The summed E-state index contributed by atoms with van der Waals surface area (Å²) in [4.78, 5) is 9.30. The molecule has 0 unspecified atom stereocenters. The van der Waals surface area contributed by atoms with E-state index >= 15 is 0 Å². The van der Waals surface area contributed by atoms with E-state index in [-0.39, 0.29) is 0 Å². The van der Waals surface area contributed by atoms with Gasteiger partial charge in [0.2, 0.25) is 0 Å². The van der Waals surface area contributed by atoms with Crippen LogP contribution >= 0.6 is 0 Å². The summed E-state index contributed by atoms with van der Waals surface area (Å²) < 4.78 is 10.7. The van der Waals surface area contributed by atoms with E-state index < -0.39 is 0 Å². The van der Waals surface area contributed by atoms with Gasteiger partial charge in [0.15, 0.2) is 0 Å². The van der Waals surface area contributed by atoms with E-state index in [1.54, 1.807) is 37.4 Å². The smallest absolute Gasteiger partial charge is 0.108 e. The number of hydrogen-bond donors (Lipinski definition) is 0. The quantitative estimate of drug-likeness (QED) is 0.434. The third-order valence-electron chi connectivity index (χ3n) is 3.99. The normalized spacial score (nSPS) is 10.3. The van der Waals surface area contributed by atoms with Crippen molar-refractivity contribution in [2.45, 2.75) is 0 Å². The van der Waals surface area contributed by atoms with Crippen LogP contribution in [0.5, 0.6) is 0 Å². The van der Waals surface area contributed by atoms with Crippen molar-refractivity contribution in [1.82, 2.24) is 9.97 Å². The van der Waals surface area contributed by atoms with E-state index in [9.17, 15) is 0 Å². The minimum Gasteiger partial charge on any atom is -0.471 e. The molecule has 2 heterocycles. The summed E-state index contributed by atoms with van der Waals surface area (Å²) in [5.74, 6) is 0. The van der Waals surface area contributed by atoms with Crippen molar-refractivity contribution in [2.24, 2.45) is 0 Å². The van der Waals surface area contributed by atoms with Gasteiger partial charge in [-0.1, -0.05) is 48.5 Å². The zero-order chi connectivity index (χ0) is 17.6. The van der Waals surface area contributed by atoms with Gasteiger partial charge in [-0.2, -0.15) is 0 Å². The Morgan fingerprint density at radius 2 is 0.962 bits per heavy atom. The van der Waals surface area contributed by atoms with E-state index in [4.69, 9.17) is 8.83 Å². The van der Waals surface area contributed by atoms with Crippen molar-refractivity contribution in [3.63, 3.8) is 0 Å². The highest BCUT2D eigenvalue weighted by Gasteiger charge is 2.07. The number of rotatable bonds is 1. The first kappa shape index (κ1) is 15.8. The Balaban J connectivity index is 2.22. The number of benzene rings is 2. The Bertz CT molecular complexity index is 1070. The van der Waals surface area contributed by atoms with Crippen LogP contribution in [0.4, 0.5) is 0 Å². The van der Waals surface area contributed by atoms with Gasteiger partial charge in [0.25, 0.3) is 0 Å². The van der Waals surface area contributed by atoms with Crippen LogP contribution in [0.25, 0.3) is 32.9 Å². The zero-order valence-corrected chi connectivity index (χ0v) is 13.9. The van der Waals surface area contributed by atoms with Crippen molar-refractivity contribution in [3.8, 4) is 11.4 Å². The minimum atomic E-state index is 0.763. The fourth-order valence-electron chi connectivity index (χ4n) is 2.83. The highest BCUT2D eigenvalue weighted by molar-refractivity contribution is 6.01. The average Bonchev–Trinajstić information content (AvgIpc) is 2.85. The summed E-state index contributed by atoms with van der Waals surface area (Å²) in [7, 11) is 0. The lowest BCUT2D eigenvalue weighted by Gasteiger charge is -2.04. The molecule has 0 aliphatic carbocycles. The number of hydrogen-bond acceptors (Lipinski definition) is 4. The lowest BCUT2D eigenvalue weighted by atomic mass is 10.0. The molecule has 0 fully saturated rings. The van der Waals surface area contributed by atoms with Crippen LogP contribution < -0.4 is 0 Å². The van der Waals surface area contributed by atoms with E-state index in [2.05, 4.69) is 9.97 Å². The molecule has 0 atom stereocenters. The lowest BCUT2D eigenvalue weighted by Crippen LogP contribution is -1.86. The summed E-state index contributed by atoms with van der Waals surface area (Å²) in [5.41, 5.74) is 1.53. The first-order valence-corrected chi connectivity index (χ1v) is 8.22. The maximum atomic E-state index is 5.33. The molecule has 0 amide bonds. The zero-order valence-electron chi connectivity index (χ0n) is 13.9. The topological polar surface area (TPSA) is 52.1 Å². The monoisotopic (exact) mass is 340 g/mol. The molecule has 0 N–H and O–H groups in total. The van der Waals surface area contributed by atoms with Crippen LogP contribution in [0.15, 0.2) is 107 Å². The Morgan fingerprint density at radius 3 is 1.46 bits per heavy atom. The van der Waals surface area contributed by atoms with Gasteiger partial charge < -0.3 is 8.83 Å². The molecule has 0 bridgehead atoms. The Hall–Kier alpha value is -3.66. The fourth-order valence-corrected chi connectivity index (χ4v) is 2.83.